The van der Waals surface area contributed by atoms with Crippen LogP contribution in [0.5, 0.6) is 5.75 Å². The number of aromatic nitrogens is 1. The fraction of sp³-hybridized carbons (Fsp3) is 0.357. The fourth-order valence-corrected chi connectivity index (χ4v) is 1.99. The average molecular weight is 230 g/mol. The van der Waals surface area contributed by atoms with Gasteiger partial charge in [-0.1, -0.05) is 26.0 Å². The number of fused-ring (bicyclic) bond motifs is 1. The molecule has 0 saturated heterocycles. The van der Waals surface area contributed by atoms with Crippen molar-refractivity contribution >= 4 is 16.6 Å². The Morgan fingerprint density at radius 3 is 2.76 bits per heavy atom. The van der Waals surface area contributed by atoms with Crippen LogP contribution >= 0.6 is 0 Å². The minimum absolute atomic E-state index is 0.564. The largest absolute Gasteiger partial charge is 0.494 e. The predicted molar refractivity (Wildman–Crippen MR) is 71.2 cm³/mol. The van der Waals surface area contributed by atoms with Crippen LogP contribution in [0.25, 0.3) is 10.9 Å². The van der Waals surface area contributed by atoms with Crippen LogP contribution in [0.15, 0.2) is 24.3 Å². The van der Waals surface area contributed by atoms with Crippen molar-refractivity contribution < 1.29 is 4.74 Å². The summed E-state index contributed by atoms with van der Waals surface area (Å²) in [5.41, 5.74) is 8.70. The number of anilines is 1. The molecular weight excluding hydrogens is 212 g/mol. The van der Waals surface area contributed by atoms with Gasteiger partial charge in [-0.05, 0) is 24.5 Å². The van der Waals surface area contributed by atoms with Gasteiger partial charge in [-0.15, -0.1) is 0 Å². The number of nitrogens with two attached hydrogens (primary N) is 1. The molecule has 2 rings (SSSR count). The van der Waals surface area contributed by atoms with Crippen molar-refractivity contribution in [2.24, 2.45) is 5.92 Å². The summed E-state index contributed by atoms with van der Waals surface area (Å²) in [5.74, 6) is 1.34. The Morgan fingerprint density at radius 2 is 2.12 bits per heavy atom. The molecule has 90 valence electrons. The van der Waals surface area contributed by atoms with Crippen LogP contribution in [0.4, 0.5) is 5.69 Å². The van der Waals surface area contributed by atoms with E-state index in [9.17, 15) is 0 Å². The minimum Gasteiger partial charge on any atom is -0.494 e. The molecule has 0 unspecified atom stereocenters. The molecule has 1 aromatic carbocycles. The molecule has 0 spiro atoms. The topological polar surface area (TPSA) is 48.1 Å². The van der Waals surface area contributed by atoms with Crippen LogP contribution in [0.3, 0.4) is 0 Å². The van der Waals surface area contributed by atoms with Gasteiger partial charge in [0, 0.05) is 16.8 Å². The molecule has 3 heteroatoms. The lowest BCUT2D eigenvalue weighted by Crippen LogP contribution is -2.01. The maximum Gasteiger partial charge on any atom is 0.145 e. The van der Waals surface area contributed by atoms with E-state index >= 15 is 0 Å². The normalized spacial score (nSPS) is 11.1. The van der Waals surface area contributed by atoms with Crippen LogP contribution in [-0.2, 0) is 6.42 Å². The molecule has 0 radical (unpaired) electrons. The summed E-state index contributed by atoms with van der Waals surface area (Å²) in [6.45, 7) is 4.34. The van der Waals surface area contributed by atoms with Gasteiger partial charge >= 0.3 is 0 Å². The van der Waals surface area contributed by atoms with E-state index in [-0.39, 0.29) is 0 Å². The summed E-state index contributed by atoms with van der Waals surface area (Å²) >= 11 is 0. The summed E-state index contributed by atoms with van der Waals surface area (Å²) in [4.78, 5) is 4.64. The first-order valence-corrected chi connectivity index (χ1v) is 5.84. The summed E-state index contributed by atoms with van der Waals surface area (Å²) in [6.07, 6.45) is 0.929. The Labute approximate surface area is 102 Å². The van der Waals surface area contributed by atoms with E-state index in [0.717, 1.165) is 34.5 Å². The van der Waals surface area contributed by atoms with Gasteiger partial charge in [-0.2, -0.15) is 0 Å². The van der Waals surface area contributed by atoms with Crippen molar-refractivity contribution in [1.82, 2.24) is 4.98 Å². The molecule has 0 atom stereocenters. The van der Waals surface area contributed by atoms with Gasteiger partial charge in [-0.25, -0.2) is 4.98 Å². The number of nitrogen functional groups attached to an aromatic ring is 1. The summed E-state index contributed by atoms with van der Waals surface area (Å²) < 4.78 is 5.32. The maximum absolute atomic E-state index is 6.06. The lowest BCUT2D eigenvalue weighted by atomic mass is 10.1. The van der Waals surface area contributed by atoms with Gasteiger partial charge in [0.05, 0.1) is 7.11 Å². The first-order valence-electron chi connectivity index (χ1n) is 5.84. The monoisotopic (exact) mass is 230 g/mol. The van der Waals surface area contributed by atoms with Gasteiger partial charge in [0.1, 0.15) is 11.3 Å². The van der Waals surface area contributed by atoms with Gasteiger partial charge in [0.2, 0.25) is 0 Å². The molecule has 1 aromatic heterocycles. The number of para-hydroxylation sites is 1. The standard InChI is InChI=1S/C14H18N2O/c1-9(2)7-10-8-12(15)11-5-4-6-13(17-3)14(11)16-10/h4-6,8-9H,7H2,1-3H3,(H2,15,16). The highest BCUT2D eigenvalue weighted by atomic mass is 16.5. The van der Waals surface area contributed by atoms with Crippen molar-refractivity contribution in [2.45, 2.75) is 20.3 Å². The average Bonchev–Trinajstić information content (AvgIpc) is 2.27. The number of pyridine rings is 1. The van der Waals surface area contributed by atoms with Crippen LogP contribution in [0.1, 0.15) is 19.5 Å². The highest BCUT2D eigenvalue weighted by molar-refractivity contribution is 5.94. The van der Waals surface area contributed by atoms with Gasteiger partial charge < -0.3 is 10.5 Å². The van der Waals surface area contributed by atoms with Crippen molar-refractivity contribution in [3.8, 4) is 5.75 Å². The molecule has 0 amide bonds. The SMILES string of the molecule is COc1cccc2c(N)cc(CC(C)C)nc12. The molecule has 3 nitrogen and oxygen atoms in total. The lowest BCUT2D eigenvalue weighted by Gasteiger charge is -2.10. The summed E-state index contributed by atoms with van der Waals surface area (Å²) in [5, 5.41) is 0.955. The highest BCUT2D eigenvalue weighted by Crippen LogP contribution is 2.28. The van der Waals surface area contributed by atoms with Crippen LogP contribution in [0.2, 0.25) is 0 Å². The minimum atomic E-state index is 0.564. The van der Waals surface area contributed by atoms with E-state index in [1.165, 1.54) is 0 Å². The Bertz CT molecular complexity index is 535. The van der Waals surface area contributed by atoms with Gasteiger partial charge in [0.25, 0.3) is 0 Å². The second-order valence-electron chi connectivity index (χ2n) is 4.66. The first-order chi connectivity index (χ1) is 8.11. The molecule has 17 heavy (non-hydrogen) atoms. The number of benzene rings is 1. The van der Waals surface area contributed by atoms with E-state index < -0.39 is 0 Å². The Balaban J connectivity index is 2.61. The van der Waals surface area contributed by atoms with Crippen molar-refractivity contribution in [3.63, 3.8) is 0 Å². The van der Waals surface area contributed by atoms with Gasteiger partial charge in [-0.3, -0.25) is 0 Å². The van der Waals surface area contributed by atoms with E-state index in [2.05, 4.69) is 18.8 Å². The number of nitrogens with zero attached hydrogens (tertiary/aromatic N) is 1. The number of rotatable bonds is 3. The second kappa shape index (κ2) is 4.62. The Morgan fingerprint density at radius 1 is 1.35 bits per heavy atom. The predicted octanol–water partition coefficient (Wildman–Crippen LogP) is 3.02. The maximum atomic E-state index is 6.06. The molecule has 0 bridgehead atoms. The molecule has 2 aromatic rings. The molecule has 2 N–H and O–H groups in total. The van der Waals surface area contributed by atoms with Crippen LogP contribution in [0, 0.1) is 5.92 Å². The van der Waals surface area contributed by atoms with Crippen molar-refractivity contribution in [3.05, 3.63) is 30.0 Å². The van der Waals surface area contributed by atoms with Crippen molar-refractivity contribution in [2.75, 3.05) is 12.8 Å². The molecule has 0 fully saturated rings. The third-order valence-corrected chi connectivity index (χ3v) is 2.72. The molecule has 1 heterocycles. The Hall–Kier alpha value is -1.77. The molecule has 0 aliphatic carbocycles. The third kappa shape index (κ3) is 2.33. The third-order valence-electron chi connectivity index (χ3n) is 2.72. The molecule has 0 aliphatic rings. The molecule has 0 aliphatic heterocycles. The second-order valence-corrected chi connectivity index (χ2v) is 4.66. The first kappa shape index (κ1) is 11.7. The van der Waals surface area contributed by atoms with Crippen LogP contribution < -0.4 is 10.5 Å². The number of methoxy groups -OCH3 is 1. The quantitative estimate of drug-likeness (QED) is 0.881. The zero-order valence-corrected chi connectivity index (χ0v) is 10.5. The fourth-order valence-electron chi connectivity index (χ4n) is 1.99. The number of ether oxygens (including phenoxy) is 1. The van der Waals surface area contributed by atoms with Crippen LogP contribution in [-0.4, -0.2) is 12.1 Å². The number of hydrogen-bond donors (Lipinski definition) is 1. The van der Waals surface area contributed by atoms with E-state index in [0.29, 0.717) is 5.92 Å². The van der Waals surface area contributed by atoms with E-state index in [4.69, 9.17) is 10.5 Å². The lowest BCUT2D eigenvalue weighted by molar-refractivity contribution is 0.418. The smallest absolute Gasteiger partial charge is 0.145 e. The Kier molecular flexibility index (Phi) is 3.18. The van der Waals surface area contributed by atoms with E-state index in [1.807, 2.05) is 24.3 Å². The molecule has 0 saturated carbocycles. The highest BCUT2D eigenvalue weighted by Gasteiger charge is 2.08. The van der Waals surface area contributed by atoms with Gasteiger partial charge in [0.15, 0.2) is 0 Å². The number of hydrogen-bond acceptors (Lipinski definition) is 3. The summed E-state index contributed by atoms with van der Waals surface area (Å²) in [7, 11) is 1.65. The van der Waals surface area contributed by atoms with Crippen molar-refractivity contribution in [1.29, 1.82) is 0 Å². The zero-order valence-electron chi connectivity index (χ0n) is 10.5. The molecular formula is C14H18N2O. The zero-order chi connectivity index (χ0) is 12.4. The van der Waals surface area contributed by atoms with E-state index in [1.54, 1.807) is 7.11 Å². The summed E-state index contributed by atoms with van der Waals surface area (Å²) in [6, 6.07) is 7.77.